The first-order valence-corrected chi connectivity index (χ1v) is 7.25. The van der Waals surface area contributed by atoms with E-state index in [9.17, 15) is 0 Å². The molecule has 0 aliphatic heterocycles. The molecular weight excluding hydrogens is 244 g/mol. The second-order valence-corrected chi connectivity index (χ2v) is 6.01. The van der Waals surface area contributed by atoms with E-state index >= 15 is 0 Å². The van der Waals surface area contributed by atoms with E-state index in [-0.39, 0.29) is 5.54 Å². The lowest BCUT2D eigenvalue weighted by atomic mass is 10.0. The van der Waals surface area contributed by atoms with Crippen LogP contribution in [0.3, 0.4) is 0 Å². The summed E-state index contributed by atoms with van der Waals surface area (Å²) >= 11 is 0. The average molecular weight is 266 g/mol. The van der Waals surface area contributed by atoms with Crippen LogP contribution in [0.15, 0.2) is 54.6 Å². The van der Waals surface area contributed by atoms with Crippen LogP contribution in [0.25, 0.3) is 0 Å². The Hall–Kier alpha value is -1.80. The Kier molecular flexibility index (Phi) is 3.49. The Labute approximate surface area is 121 Å². The van der Waals surface area contributed by atoms with Crippen LogP contribution in [-0.2, 0) is 12.1 Å². The highest BCUT2D eigenvalue weighted by Gasteiger charge is 2.44. The minimum atomic E-state index is 0.171. The molecule has 1 fully saturated rings. The van der Waals surface area contributed by atoms with E-state index in [4.69, 9.17) is 0 Å². The Morgan fingerprint density at radius 3 is 2.15 bits per heavy atom. The summed E-state index contributed by atoms with van der Waals surface area (Å²) in [5, 5.41) is 3.71. The molecule has 0 spiro atoms. The molecule has 0 radical (unpaired) electrons. The predicted molar refractivity (Wildman–Crippen MR) is 84.8 cm³/mol. The Morgan fingerprint density at radius 1 is 0.950 bits per heavy atom. The van der Waals surface area contributed by atoms with E-state index < -0.39 is 0 Å². The number of hydrogen-bond donors (Lipinski definition) is 1. The minimum Gasteiger partial charge on any atom is -0.376 e. The van der Waals surface area contributed by atoms with E-state index in [0.717, 1.165) is 6.54 Å². The minimum absolute atomic E-state index is 0.171. The van der Waals surface area contributed by atoms with Crippen molar-refractivity contribution in [2.24, 2.45) is 0 Å². The van der Waals surface area contributed by atoms with Crippen LogP contribution in [0.4, 0.5) is 5.69 Å². The summed E-state index contributed by atoms with van der Waals surface area (Å²) in [7, 11) is 4.20. The molecule has 104 valence electrons. The normalized spacial score (nSPS) is 16.1. The zero-order valence-electron chi connectivity index (χ0n) is 12.3. The van der Waals surface area contributed by atoms with Gasteiger partial charge in [-0.3, -0.25) is 0 Å². The maximum atomic E-state index is 3.71. The molecule has 2 aromatic rings. The third-order valence-corrected chi connectivity index (χ3v) is 3.91. The molecule has 0 aromatic heterocycles. The van der Waals surface area contributed by atoms with E-state index in [1.807, 2.05) is 0 Å². The first-order chi connectivity index (χ1) is 9.68. The van der Waals surface area contributed by atoms with Gasteiger partial charge in [-0.05, 0) is 50.2 Å². The smallest absolute Gasteiger partial charge is 0.0627 e. The molecule has 0 bridgehead atoms. The molecule has 3 rings (SSSR count). The Bertz CT molecular complexity index is 554. The lowest BCUT2D eigenvalue weighted by Crippen LogP contribution is -2.18. The van der Waals surface area contributed by atoms with Crippen molar-refractivity contribution in [1.29, 1.82) is 0 Å². The molecule has 1 saturated carbocycles. The van der Waals surface area contributed by atoms with Gasteiger partial charge in [-0.25, -0.2) is 0 Å². The van der Waals surface area contributed by atoms with Gasteiger partial charge in [0.25, 0.3) is 0 Å². The SMILES string of the molecule is CN(C)Cc1ccc(NC2(c3ccccc3)CC2)cc1. The maximum Gasteiger partial charge on any atom is 0.0627 e. The highest BCUT2D eigenvalue weighted by atomic mass is 15.0. The molecule has 1 aliphatic rings. The van der Waals surface area contributed by atoms with Gasteiger partial charge >= 0.3 is 0 Å². The van der Waals surface area contributed by atoms with Crippen molar-refractivity contribution in [2.45, 2.75) is 24.9 Å². The van der Waals surface area contributed by atoms with E-state index in [0.29, 0.717) is 0 Å². The van der Waals surface area contributed by atoms with Gasteiger partial charge in [0.15, 0.2) is 0 Å². The van der Waals surface area contributed by atoms with E-state index in [1.165, 1.54) is 29.7 Å². The molecule has 1 aliphatic carbocycles. The van der Waals surface area contributed by atoms with Gasteiger partial charge in [0, 0.05) is 12.2 Å². The molecule has 0 unspecified atom stereocenters. The maximum absolute atomic E-state index is 3.71. The van der Waals surface area contributed by atoms with Crippen molar-refractivity contribution in [3.63, 3.8) is 0 Å². The highest BCUT2D eigenvalue weighted by molar-refractivity contribution is 5.51. The average Bonchev–Trinajstić information content (AvgIpc) is 3.22. The monoisotopic (exact) mass is 266 g/mol. The third-order valence-electron chi connectivity index (χ3n) is 3.91. The van der Waals surface area contributed by atoms with Crippen molar-refractivity contribution >= 4 is 5.69 Å². The zero-order chi connectivity index (χ0) is 14.0. The van der Waals surface area contributed by atoms with Crippen molar-refractivity contribution in [3.8, 4) is 0 Å². The summed E-state index contributed by atoms with van der Waals surface area (Å²) in [5.74, 6) is 0. The fraction of sp³-hybridized carbons (Fsp3) is 0.333. The van der Waals surface area contributed by atoms with Crippen LogP contribution in [0.2, 0.25) is 0 Å². The number of anilines is 1. The molecule has 2 aromatic carbocycles. The van der Waals surface area contributed by atoms with Gasteiger partial charge in [-0.15, -0.1) is 0 Å². The number of nitrogens with one attached hydrogen (secondary N) is 1. The van der Waals surface area contributed by atoms with E-state index in [1.54, 1.807) is 0 Å². The van der Waals surface area contributed by atoms with Crippen molar-refractivity contribution in [2.75, 3.05) is 19.4 Å². The van der Waals surface area contributed by atoms with Crippen molar-refractivity contribution in [3.05, 3.63) is 65.7 Å². The topological polar surface area (TPSA) is 15.3 Å². The largest absolute Gasteiger partial charge is 0.376 e. The molecule has 20 heavy (non-hydrogen) atoms. The molecule has 0 heterocycles. The molecule has 2 nitrogen and oxygen atoms in total. The molecule has 2 heteroatoms. The van der Waals surface area contributed by atoms with Crippen molar-refractivity contribution in [1.82, 2.24) is 4.90 Å². The van der Waals surface area contributed by atoms with Gasteiger partial charge in [0.2, 0.25) is 0 Å². The van der Waals surface area contributed by atoms with E-state index in [2.05, 4.69) is 78.9 Å². The predicted octanol–water partition coefficient (Wildman–Crippen LogP) is 3.85. The highest BCUT2D eigenvalue weighted by Crippen LogP contribution is 2.48. The summed E-state index contributed by atoms with van der Waals surface area (Å²) < 4.78 is 0. The van der Waals surface area contributed by atoms with Gasteiger partial charge in [-0.2, -0.15) is 0 Å². The van der Waals surface area contributed by atoms with Crippen LogP contribution in [-0.4, -0.2) is 19.0 Å². The van der Waals surface area contributed by atoms with Gasteiger partial charge in [0.1, 0.15) is 0 Å². The lowest BCUT2D eigenvalue weighted by Gasteiger charge is -2.20. The quantitative estimate of drug-likeness (QED) is 0.884. The summed E-state index contributed by atoms with van der Waals surface area (Å²) in [6, 6.07) is 19.6. The molecule has 1 N–H and O–H groups in total. The van der Waals surface area contributed by atoms with Gasteiger partial charge in [0.05, 0.1) is 5.54 Å². The molecular formula is C18H22N2. The van der Waals surface area contributed by atoms with Crippen LogP contribution < -0.4 is 5.32 Å². The second kappa shape index (κ2) is 5.29. The summed E-state index contributed by atoms with van der Waals surface area (Å²) in [4.78, 5) is 2.19. The van der Waals surface area contributed by atoms with Gasteiger partial charge < -0.3 is 10.2 Å². The molecule has 0 saturated heterocycles. The number of rotatable bonds is 5. The Balaban J connectivity index is 1.72. The summed E-state index contributed by atoms with van der Waals surface area (Å²) in [6.07, 6.45) is 2.44. The van der Waals surface area contributed by atoms with Crippen molar-refractivity contribution < 1.29 is 0 Å². The standard InChI is InChI=1S/C18H22N2/c1-20(2)14-15-8-10-17(11-9-15)19-18(12-13-18)16-6-4-3-5-7-16/h3-11,19H,12-14H2,1-2H3. The van der Waals surface area contributed by atoms with Crippen LogP contribution >= 0.6 is 0 Å². The number of nitrogens with zero attached hydrogens (tertiary/aromatic N) is 1. The van der Waals surface area contributed by atoms with Gasteiger partial charge in [-0.1, -0.05) is 42.5 Å². The summed E-state index contributed by atoms with van der Waals surface area (Å²) in [6.45, 7) is 0.990. The number of hydrogen-bond acceptors (Lipinski definition) is 2. The zero-order valence-corrected chi connectivity index (χ0v) is 12.3. The molecule has 0 amide bonds. The lowest BCUT2D eigenvalue weighted by molar-refractivity contribution is 0.402. The van der Waals surface area contributed by atoms with Crippen LogP contribution in [0.5, 0.6) is 0 Å². The second-order valence-electron chi connectivity index (χ2n) is 6.01. The summed E-state index contributed by atoms with van der Waals surface area (Å²) in [5.41, 5.74) is 4.14. The van der Waals surface area contributed by atoms with Crippen LogP contribution in [0, 0.1) is 0 Å². The fourth-order valence-corrected chi connectivity index (χ4v) is 2.70. The fourth-order valence-electron chi connectivity index (χ4n) is 2.70. The molecule has 0 atom stereocenters. The third kappa shape index (κ3) is 2.86. The Morgan fingerprint density at radius 2 is 1.60 bits per heavy atom. The first kappa shape index (κ1) is 13.2. The number of benzene rings is 2. The van der Waals surface area contributed by atoms with Crippen LogP contribution in [0.1, 0.15) is 24.0 Å². The first-order valence-electron chi connectivity index (χ1n) is 7.25.